The summed E-state index contributed by atoms with van der Waals surface area (Å²) < 4.78 is 12.3. The molecular formula is C12H18N4O2. The molecule has 98 valence electrons. The third-order valence-corrected chi connectivity index (χ3v) is 2.70. The molecule has 0 fully saturated rings. The van der Waals surface area contributed by atoms with Crippen LogP contribution in [-0.2, 0) is 20.1 Å². The Balaban J connectivity index is 1.88. The summed E-state index contributed by atoms with van der Waals surface area (Å²) in [7, 11) is 1.87. The highest BCUT2D eigenvalue weighted by atomic mass is 16.5. The zero-order valence-corrected chi connectivity index (χ0v) is 11.0. The highest BCUT2D eigenvalue weighted by molar-refractivity contribution is 5.13. The van der Waals surface area contributed by atoms with Gasteiger partial charge in [0, 0.05) is 25.2 Å². The van der Waals surface area contributed by atoms with E-state index in [-0.39, 0.29) is 6.61 Å². The van der Waals surface area contributed by atoms with Gasteiger partial charge >= 0.3 is 0 Å². The van der Waals surface area contributed by atoms with Crippen molar-refractivity contribution in [3.63, 3.8) is 0 Å². The van der Waals surface area contributed by atoms with Gasteiger partial charge in [0.1, 0.15) is 0 Å². The molecule has 0 N–H and O–H groups in total. The lowest BCUT2D eigenvalue weighted by molar-refractivity contribution is 0.233. The van der Waals surface area contributed by atoms with Crippen molar-refractivity contribution < 1.29 is 9.26 Å². The average Bonchev–Trinajstić information content (AvgIpc) is 2.92. The van der Waals surface area contributed by atoms with Crippen molar-refractivity contribution in [1.29, 1.82) is 0 Å². The molecule has 0 spiro atoms. The second-order valence-electron chi connectivity index (χ2n) is 4.24. The molecule has 0 atom stereocenters. The van der Waals surface area contributed by atoms with Crippen LogP contribution < -0.4 is 4.74 Å². The van der Waals surface area contributed by atoms with E-state index in [1.165, 1.54) is 0 Å². The van der Waals surface area contributed by atoms with Gasteiger partial charge in [0.25, 0.3) is 5.89 Å². The summed E-state index contributed by atoms with van der Waals surface area (Å²) in [6.45, 7) is 4.36. The van der Waals surface area contributed by atoms with Crippen molar-refractivity contribution in [2.75, 3.05) is 0 Å². The van der Waals surface area contributed by atoms with Crippen molar-refractivity contribution in [3.8, 4) is 5.88 Å². The van der Waals surface area contributed by atoms with Crippen LogP contribution in [0.4, 0.5) is 0 Å². The Morgan fingerprint density at radius 1 is 1.44 bits per heavy atom. The summed E-state index contributed by atoms with van der Waals surface area (Å²) in [5.41, 5.74) is 1.04. The van der Waals surface area contributed by atoms with E-state index in [0.717, 1.165) is 30.8 Å². The van der Waals surface area contributed by atoms with E-state index in [4.69, 9.17) is 9.26 Å². The largest absolute Gasteiger partial charge is 0.466 e. The van der Waals surface area contributed by atoms with E-state index >= 15 is 0 Å². The summed E-state index contributed by atoms with van der Waals surface area (Å²) in [5, 5.41) is 8.08. The van der Waals surface area contributed by atoms with E-state index < -0.39 is 0 Å². The lowest BCUT2D eigenvalue weighted by atomic mass is 10.2. The van der Waals surface area contributed by atoms with E-state index in [0.29, 0.717) is 11.8 Å². The topological polar surface area (TPSA) is 66.0 Å². The maximum atomic E-state index is 5.48. The van der Waals surface area contributed by atoms with Crippen molar-refractivity contribution in [3.05, 3.63) is 23.5 Å². The van der Waals surface area contributed by atoms with E-state index in [2.05, 4.69) is 22.2 Å². The van der Waals surface area contributed by atoms with Gasteiger partial charge in [-0.2, -0.15) is 4.98 Å². The molecule has 0 aliphatic carbocycles. The molecule has 0 saturated carbocycles. The van der Waals surface area contributed by atoms with Gasteiger partial charge in [0.2, 0.25) is 5.88 Å². The zero-order chi connectivity index (χ0) is 13.0. The molecule has 0 aromatic carbocycles. The highest BCUT2D eigenvalue weighted by Gasteiger charge is 2.08. The standard InChI is InChI=1S/C12H18N4O2/c1-4-5-6-10-13-12(18-15-10)8-17-11-7-9(2)16(3)14-11/h7H,4-6,8H2,1-3H3. The Hall–Kier alpha value is -1.85. The smallest absolute Gasteiger partial charge is 0.264 e. The lowest BCUT2D eigenvalue weighted by Gasteiger charge is -1.96. The van der Waals surface area contributed by atoms with Gasteiger partial charge in [0.15, 0.2) is 12.4 Å². The fourth-order valence-corrected chi connectivity index (χ4v) is 1.52. The van der Waals surface area contributed by atoms with Crippen molar-refractivity contribution >= 4 is 0 Å². The molecule has 0 radical (unpaired) electrons. The number of rotatable bonds is 6. The van der Waals surface area contributed by atoms with E-state index in [1.54, 1.807) is 4.68 Å². The third-order valence-electron chi connectivity index (χ3n) is 2.70. The molecule has 6 heteroatoms. The minimum atomic E-state index is 0.260. The van der Waals surface area contributed by atoms with Crippen LogP contribution in [0.2, 0.25) is 0 Å². The first-order valence-corrected chi connectivity index (χ1v) is 6.14. The number of hydrogen-bond acceptors (Lipinski definition) is 5. The molecule has 0 unspecified atom stereocenters. The Labute approximate surface area is 106 Å². The second kappa shape index (κ2) is 5.66. The van der Waals surface area contributed by atoms with Crippen LogP contribution in [-0.4, -0.2) is 19.9 Å². The van der Waals surface area contributed by atoms with Gasteiger partial charge in [-0.25, -0.2) is 0 Å². The van der Waals surface area contributed by atoms with Crippen LogP contribution in [0.25, 0.3) is 0 Å². The highest BCUT2D eigenvalue weighted by Crippen LogP contribution is 2.11. The SMILES string of the molecule is CCCCc1noc(COc2cc(C)n(C)n2)n1. The fraction of sp³-hybridized carbons (Fsp3) is 0.583. The molecular weight excluding hydrogens is 232 g/mol. The summed E-state index contributed by atoms with van der Waals surface area (Å²) in [6.07, 6.45) is 3.04. The molecule has 6 nitrogen and oxygen atoms in total. The fourth-order valence-electron chi connectivity index (χ4n) is 1.52. The summed E-state index contributed by atoms with van der Waals surface area (Å²) in [6, 6.07) is 1.87. The molecule has 2 heterocycles. The molecule has 0 bridgehead atoms. The zero-order valence-electron chi connectivity index (χ0n) is 11.0. The van der Waals surface area contributed by atoms with Crippen LogP contribution in [0.1, 0.15) is 37.2 Å². The quantitative estimate of drug-likeness (QED) is 0.784. The number of hydrogen-bond donors (Lipinski definition) is 0. The first-order chi connectivity index (χ1) is 8.69. The van der Waals surface area contributed by atoms with Gasteiger partial charge in [-0.3, -0.25) is 4.68 Å². The third kappa shape index (κ3) is 3.09. The molecule has 18 heavy (non-hydrogen) atoms. The number of ether oxygens (including phenoxy) is 1. The van der Waals surface area contributed by atoms with Gasteiger partial charge in [-0.05, 0) is 13.3 Å². The molecule has 0 aliphatic rings. The van der Waals surface area contributed by atoms with Crippen LogP contribution in [0.5, 0.6) is 5.88 Å². The van der Waals surface area contributed by atoms with Crippen LogP contribution in [0, 0.1) is 6.92 Å². The Bertz CT molecular complexity index is 484. The number of nitrogens with zero attached hydrogens (tertiary/aromatic N) is 4. The van der Waals surface area contributed by atoms with Gasteiger partial charge in [-0.1, -0.05) is 18.5 Å². The first-order valence-electron chi connectivity index (χ1n) is 6.14. The van der Waals surface area contributed by atoms with Gasteiger partial charge < -0.3 is 9.26 Å². The predicted molar refractivity (Wildman–Crippen MR) is 65.2 cm³/mol. The number of aryl methyl sites for hydroxylation is 3. The monoisotopic (exact) mass is 250 g/mol. The minimum Gasteiger partial charge on any atom is -0.466 e. The first kappa shape index (κ1) is 12.6. The summed E-state index contributed by atoms with van der Waals surface area (Å²) in [5.74, 6) is 1.81. The molecule has 0 aliphatic heterocycles. The van der Waals surface area contributed by atoms with Gasteiger partial charge in [0.05, 0.1) is 0 Å². The molecule has 2 aromatic rings. The second-order valence-corrected chi connectivity index (χ2v) is 4.24. The maximum Gasteiger partial charge on any atom is 0.264 e. The molecule has 0 saturated heterocycles. The normalized spacial score (nSPS) is 10.8. The molecule has 0 amide bonds. The maximum absolute atomic E-state index is 5.48. The molecule has 2 aromatic heterocycles. The predicted octanol–water partition coefficient (Wildman–Crippen LogP) is 2.03. The van der Waals surface area contributed by atoms with Crippen LogP contribution in [0.3, 0.4) is 0 Å². The van der Waals surface area contributed by atoms with E-state index in [1.807, 2.05) is 20.0 Å². The van der Waals surface area contributed by atoms with Crippen molar-refractivity contribution in [2.45, 2.75) is 39.7 Å². The van der Waals surface area contributed by atoms with E-state index in [9.17, 15) is 0 Å². The lowest BCUT2D eigenvalue weighted by Crippen LogP contribution is -1.98. The van der Waals surface area contributed by atoms with Crippen LogP contribution >= 0.6 is 0 Å². The summed E-state index contributed by atoms with van der Waals surface area (Å²) in [4.78, 5) is 4.25. The number of aromatic nitrogens is 4. The van der Waals surface area contributed by atoms with Crippen LogP contribution in [0.15, 0.2) is 10.6 Å². The Morgan fingerprint density at radius 2 is 2.28 bits per heavy atom. The summed E-state index contributed by atoms with van der Waals surface area (Å²) >= 11 is 0. The Morgan fingerprint density at radius 3 is 2.94 bits per heavy atom. The Kier molecular flexibility index (Phi) is 3.96. The van der Waals surface area contributed by atoms with Crippen molar-refractivity contribution in [1.82, 2.24) is 19.9 Å². The minimum absolute atomic E-state index is 0.260. The molecule has 2 rings (SSSR count). The number of unbranched alkanes of at least 4 members (excludes halogenated alkanes) is 1. The van der Waals surface area contributed by atoms with Crippen molar-refractivity contribution in [2.24, 2.45) is 7.05 Å². The average molecular weight is 250 g/mol. The van der Waals surface area contributed by atoms with Gasteiger partial charge in [-0.15, -0.1) is 5.10 Å².